The Labute approximate surface area is 157 Å². The van der Waals surface area contributed by atoms with Crippen molar-refractivity contribution in [1.82, 2.24) is 9.97 Å². The fraction of sp³-hybridized carbons (Fsp3) is 0.235. The Bertz CT molecular complexity index is 1030. The van der Waals surface area contributed by atoms with Crippen molar-refractivity contribution in [3.8, 4) is 0 Å². The molecule has 3 aromatic rings. The second-order valence-corrected chi connectivity index (χ2v) is 7.21. The van der Waals surface area contributed by atoms with E-state index in [1.807, 2.05) is 6.92 Å². The van der Waals surface area contributed by atoms with Gasteiger partial charge in [0, 0.05) is 11.8 Å². The van der Waals surface area contributed by atoms with Crippen molar-refractivity contribution in [3.05, 3.63) is 55.5 Å². The third-order valence-corrected chi connectivity index (χ3v) is 5.43. The Balaban J connectivity index is 2.02. The van der Waals surface area contributed by atoms with Crippen LogP contribution >= 0.6 is 35.2 Å². The molecular weight excluding hydrogens is 383 g/mol. The van der Waals surface area contributed by atoms with E-state index in [0.717, 1.165) is 16.5 Å². The fourth-order valence-electron chi connectivity index (χ4n) is 2.51. The number of esters is 1. The molecule has 0 saturated heterocycles. The van der Waals surface area contributed by atoms with Gasteiger partial charge in [0.05, 0.1) is 11.6 Å². The van der Waals surface area contributed by atoms with E-state index in [0.29, 0.717) is 33.2 Å². The number of aromatic amines is 1. The van der Waals surface area contributed by atoms with Crippen LogP contribution in [0.15, 0.2) is 18.2 Å². The molecule has 1 aromatic carbocycles. The molecule has 0 spiro atoms. The number of carbonyl (C=O) groups is 1. The van der Waals surface area contributed by atoms with E-state index in [2.05, 4.69) is 9.97 Å². The molecule has 4 nitrogen and oxygen atoms in total. The van der Waals surface area contributed by atoms with Crippen LogP contribution in [-0.2, 0) is 11.2 Å². The maximum Gasteiger partial charge on any atom is 0.348 e. The minimum Gasteiger partial charge on any atom is -0.462 e. The van der Waals surface area contributed by atoms with E-state index in [9.17, 15) is 9.18 Å². The maximum absolute atomic E-state index is 13.3. The Morgan fingerprint density at radius 3 is 2.92 bits per heavy atom. The van der Waals surface area contributed by atoms with Crippen molar-refractivity contribution in [2.75, 3.05) is 6.61 Å². The fourth-order valence-corrected chi connectivity index (χ4v) is 4.25. The Hall–Kier alpha value is -1.83. The number of hydrogen-bond donors (Lipinski definition) is 1. The van der Waals surface area contributed by atoms with Crippen molar-refractivity contribution in [3.63, 3.8) is 0 Å². The van der Waals surface area contributed by atoms with Crippen molar-refractivity contribution in [2.24, 2.45) is 0 Å². The van der Waals surface area contributed by atoms with Gasteiger partial charge in [0.1, 0.15) is 26.0 Å². The molecular formula is C17H14ClFN2O2S2. The van der Waals surface area contributed by atoms with Gasteiger partial charge in [-0.1, -0.05) is 29.9 Å². The molecule has 2 aromatic heterocycles. The number of halogens is 2. The van der Waals surface area contributed by atoms with Crippen LogP contribution < -0.4 is 0 Å². The highest BCUT2D eigenvalue weighted by Crippen LogP contribution is 2.31. The zero-order chi connectivity index (χ0) is 18.1. The van der Waals surface area contributed by atoms with Gasteiger partial charge in [-0.15, -0.1) is 11.3 Å². The van der Waals surface area contributed by atoms with Crippen LogP contribution in [0.25, 0.3) is 10.2 Å². The van der Waals surface area contributed by atoms with Crippen LogP contribution in [0.2, 0.25) is 5.02 Å². The number of benzene rings is 1. The SMILES string of the molecule is CCOC(=O)c1sc2nc(Cc3ccc(F)c(Cl)c3)[nH]c(=S)c2c1C. The van der Waals surface area contributed by atoms with E-state index >= 15 is 0 Å². The highest BCUT2D eigenvalue weighted by atomic mass is 35.5. The highest BCUT2D eigenvalue weighted by molar-refractivity contribution is 7.71. The highest BCUT2D eigenvalue weighted by Gasteiger charge is 2.19. The first kappa shape index (κ1) is 18.0. The molecule has 130 valence electrons. The molecule has 0 aliphatic carbocycles. The van der Waals surface area contributed by atoms with E-state index < -0.39 is 5.82 Å². The Kier molecular flexibility index (Phi) is 5.17. The van der Waals surface area contributed by atoms with Gasteiger partial charge in [-0.3, -0.25) is 0 Å². The van der Waals surface area contributed by atoms with Gasteiger partial charge in [0.2, 0.25) is 0 Å². The monoisotopic (exact) mass is 396 g/mol. The van der Waals surface area contributed by atoms with Crippen molar-refractivity contribution < 1.29 is 13.9 Å². The molecule has 0 saturated carbocycles. The Morgan fingerprint density at radius 2 is 2.24 bits per heavy atom. The largest absolute Gasteiger partial charge is 0.462 e. The first-order chi connectivity index (χ1) is 11.9. The standard InChI is InChI=1S/C17H14ClFN2O2S2/c1-3-23-17(22)14-8(2)13-15(24)20-12(21-16(13)25-14)7-9-4-5-11(19)10(18)6-9/h4-6H,3,7H2,1-2H3,(H,20,21,24). The third kappa shape index (κ3) is 3.58. The van der Waals surface area contributed by atoms with Gasteiger partial charge in [0.25, 0.3) is 0 Å². The van der Waals surface area contributed by atoms with Gasteiger partial charge in [-0.05, 0) is 37.1 Å². The normalized spacial score (nSPS) is 11.0. The van der Waals surface area contributed by atoms with E-state index in [-0.39, 0.29) is 11.0 Å². The third-order valence-electron chi connectivity index (χ3n) is 3.67. The molecule has 0 atom stereocenters. The lowest BCUT2D eigenvalue weighted by Gasteiger charge is -2.04. The number of aryl methyl sites for hydroxylation is 1. The van der Waals surface area contributed by atoms with E-state index in [1.54, 1.807) is 19.1 Å². The number of aromatic nitrogens is 2. The summed E-state index contributed by atoms with van der Waals surface area (Å²) in [5, 5.41) is 0.817. The van der Waals surface area contributed by atoms with Crippen molar-refractivity contribution >= 4 is 51.3 Å². The number of thiophene rings is 1. The molecule has 0 bridgehead atoms. The Morgan fingerprint density at radius 1 is 1.48 bits per heavy atom. The minimum atomic E-state index is -0.463. The van der Waals surface area contributed by atoms with Gasteiger partial charge in [-0.25, -0.2) is 14.2 Å². The van der Waals surface area contributed by atoms with Crippen LogP contribution in [0, 0.1) is 17.4 Å². The zero-order valence-corrected chi connectivity index (χ0v) is 15.9. The molecule has 0 radical (unpaired) electrons. The number of rotatable bonds is 4. The van der Waals surface area contributed by atoms with Crippen LogP contribution in [0.3, 0.4) is 0 Å². The van der Waals surface area contributed by atoms with Gasteiger partial charge in [0.15, 0.2) is 0 Å². The van der Waals surface area contributed by atoms with Crippen LogP contribution in [0.1, 0.15) is 33.5 Å². The second kappa shape index (κ2) is 7.19. The molecule has 2 heterocycles. The number of fused-ring (bicyclic) bond motifs is 1. The molecule has 0 fully saturated rings. The number of carbonyl (C=O) groups excluding carboxylic acids is 1. The molecule has 8 heteroatoms. The molecule has 25 heavy (non-hydrogen) atoms. The second-order valence-electron chi connectivity index (χ2n) is 5.39. The molecule has 0 aliphatic rings. The first-order valence-electron chi connectivity index (χ1n) is 7.54. The maximum atomic E-state index is 13.3. The predicted molar refractivity (Wildman–Crippen MR) is 99.7 cm³/mol. The molecule has 0 unspecified atom stereocenters. The summed E-state index contributed by atoms with van der Waals surface area (Å²) in [6, 6.07) is 4.52. The summed E-state index contributed by atoms with van der Waals surface area (Å²) in [6.45, 7) is 3.90. The van der Waals surface area contributed by atoms with Gasteiger partial charge in [-0.2, -0.15) is 0 Å². The lowest BCUT2D eigenvalue weighted by Crippen LogP contribution is -2.03. The number of ether oxygens (including phenoxy) is 1. The van der Waals surface area contributed by atoms with Crippen molar-refractivity contribution in [1.29, 1.82) is 0 Å². The number of nitrogens with zero attached hydrogens (tertiary/aromatic N) is 1. The number of hydrogen-bond acceptors (Lipinski definition) is 5. The van der Waals surface area contributed by atoms with Crippen LogP contribution in [0.4, 0.5) is 4.39 Å². The quantitative estimate of drug-likeness (QED) is 0.485. The van der Waals surface area contributed by atoms with E-state index in [1.165, 1.54) is 17.4 Å². The summed E-state index contributed by atoms with van der Waals surface area (Å²) >= 11 is 12.5. The van der Waals surface area contributed by atoms with E-state index in [4.69, 9.17) is 28.6 Å². The average Bonchev–Trinajstić information content (AvgIpc) is 2.88. The van der Waals surface area contributed by atoms with Gasteiger partial charge >= 0.3 is 5.97 Å². The molecule has 3 rings (SSSR count). The molecule has 1 N–H and O–H groups in total. The number of nitrogens with one attached hydrogen (secondary N) is 1. The summed E-state index contributed by atoms with van der Waals surface area (Å²) in [5.74, 6) is -0.212. The van der Waals surface area contributed by atoms with Gasteiger partial charge < -0.3 is 9.72 Å². The smallest absolute Gasteiger partial charge is 0.348 e. The first-order valence-corrected chi connectivity index (χ1v) is 9.14. The van der Waals surface area contributed by atoms with Crippen molar-refractivity contribution in [2.45, 2.75) is 20.3 Å². The summed E-state index contributed by atoms with van der Waals surface area (Å²) in [4.78, 5) is 20.9. The average molecular weight is 397 g/mol. The zero-order valence-electron chi connectivity index (χ0n) is 13.5. The summed E-state index contributed by atoms with van der Waals surface area (Å²) in [6.07, 6.45) is 0.422. The van der Waals surface area contributed by atoms with Crippen LogP contribution in [0.5, 0.6) is 0 Å². The van der Waals surface area contributed by atoms with Crippen LogP contribution in [-0.4, -0.2) is 22.5 Å². The summed E-state index contributed by atoms with van der Waals surface area (Å²) in [7, 11) is 0. The lowest BCUT2D eigenvalue weighted by atomic mass is 10.1. The summed E-state index contributed by atoms with van der Waals surface area (Å²) in [5.41, 5.74) is 1.58. The molecule has 0 aliphatic heterocycles. The molecule has 0 amide bonds. The predicted octanol–water partition coefficient (Wildman–Crippen LogP) is 5.22. The summed E-state index contributed by atoms with van der Waals surface area (Å²) < 4.78 is 18.9. The number of H-pyrrole nitrogens is 1. The minimum absolute atomic E-state index is 0.0636. The lowest BCUT2D eigenvalue weighted by molar-refractivity contribution is 0.0531. The topological polar surface area (TPSA) is 55.0 Å².